The molecule has 93 heavy (non-hydrogen) atoms. The Labute approximate surface area is 527 Å². The van der Waals surface area contributed by atoms with Gasteiger partial charge in [0.1, 0.15) is 11.0 Å². The smallest absolute Gasteiger partial charge is 0.338 e. The molecule has 31 heteroatoms. The van der Waals surface area contributed by atoms with Crippen LogP contribution in [0.5, 0.6) is 0 Å². The molecule has 0 saturated heterocycles. The Morgan fingerprint density at radius 2 is 1.16 bits per heavy atom. The zero-order valence-corrected chi connectivity index (χ0v) is 51.4. The predicted octanol–water partition coefficient (Wildman–Crippen LogP) is 7.39. The van der Waals surface area contributed by atoms with Gasteiger partial charge in [-0.15, -0.1) is 0 Å². The third-order valence-corrected chi connectivity index (χ3v) is 14.5. The lowest BCUT2D eigenvalue weighted by atomic mass is 10.0. The van der Waals surface area contributed by atoms with Crippen molar-refractivity contribution in [3.63, 3.8) is 0 Å². The number of benzene rings is 3. The molecule has 0 radical (unpaired) electrons. The molecule has 0 unspecified atom stereocenters. The van der Waals surface area contributed by atoms with Gasteiger partial charge in [0, 0.05) is 132 Å². The lowest BCUT2D eigenvalue weighted by molar-refractivity contribution is 0.0696. The van der Waals surface area contributed by atoms with Crippen molar-refractivity contribution in [2.24, 2.45) is 21.1 Å². The van der Waals surface area contributed by atoms with E-state index in [-0.39, 0.29) is 34.7 Å². The lowest BCUT2D eigenvalue weighted by Crippen LogP contribution is -2.28. The van der Waals surface area contributed by atoms with Crippen LogP contribution in [-0.2, 0) is 21.1 Å². The molecule has 0 fully saturated rings. The summed E-state index contributed by atoms with van der Waals surface area (Å²) in [5, 5.41) is 33.7. The maximum Gasteiger partial charge on any atom is 0.338 e. The molecule has 10 heterocycles. The average Bonchev–Trinajstić information content (AvgIpc) is 1.71. The van der Waals surface area contributed by atoms with Gasteiger partial charge in [-0.05, 0) is 92.6 Å². The first-order chi connectivity index (χ1) is 44.9. The predicted molar refractivity (Wildman–Crippen MR) is 352 cm³/mol. The second kappa shape index (κ2) is 26.5. The Bertz CT molecular complexity index is 5070. The molecule has 31 nitrogen and oxygen atoms in total. The minimum Gasteiger partial charge on any atom is -0.478 e. The van der Waals surface area contributed by atoms with Gasteiger partial charge in [0.25, 0.3) is 11.1 Å². The Morgan fingerprint density at radius 1 is 0.559 bits per heavy atom. The summed E-state index contributed by atoms with van der Waals surface area (Å²) in [6.45, 7) is 6.96. The number of aromatic amines is 3. The highest BCUT2D eigenvalue weighted by atomic mass is 16.4. The number of amides is 6. The van der Waals surface area contributed by atoms with E-state index in [1.165, 1.54) is 38.6 Å². The summed E-state index contributed by atoms with van der Waals surface area (Å²) < 4.78 is 7.82. The van der Waals surface area contributed by atoms with Crippen LogP contribution < -0.4 is 47.9 Å². The van der Waals surface area contributed by atoms with E-state index < -0.39 is 12.0 Å². The summed E-state index contributed by atoms with van der Waals surface area (Å²) >= 11 is 0. The fourth-order valence-corrected chi connectivity index (χ4v) is 10.0. The number of aryl methyl sites for hydroxylation is 3. The number of rotatable bonds is 14. The van der Waals surface area contributed by atoms with Gasteiger partial charge in [0.05, 0.1) is 74.8 Å². The number of H-pyrrole nitrogens is 3. The number of carbonyl (C=O) groups is 4. The molecule has 0 saturated carbocycles. The standard InChI is InChI=1S/C22H23N7O.C21H21N9O2.C19H18N8O4/c1-4-24-22(30)28-21-26-19-11-15(14-6-5-8-23-13-14)10-17(20(19)27-21)18-12-16(29(2)3)7-9-25-18;1-4-22-21(32)27-20-25-14-8-12(9-15(17(14)26-20)30-7-5-6-24-30)13-10-16(31)29(3)19-18(13)28(2)11-23-19;1-3-20-19(31)25-18-23-13-4-10(12-6-15(28)26(2)9-21-12)5-14(16(13)24-18)27-8-11(7-22-27)17(29)30/h5-13H,4H2,1-3H3,(H3,24,26,27,28,30);5-11H,4H2,1-3H3,(H3,22,25,26,27,32);4-9H,3H2,1-2H3,(H,29,30)(H3,20,23,24,25,31). The first-order valence-corrected chi connectivity index (χ1v) is 29.0. The molecule has 13 rings (SSSR count). The zero-order chi connectivity index (χ0) is 65.6. The van der Waals surface area contributed by atoms with Crippen molar-refractivity contribution in [1.82, 2.24) is 99.1 Å². The molecule has 10 aromatic heterocycles. The van der Waals surface area contributed by atoms with Gasteiger partial charge >= 0.3 is 24.1 Å². The van der Waals surface area contributed by atoms with Crippen molar-refractivity contribution in [2.75, 3.05) is 54.6 Å². The summed E-state index contributed by atoms with van der Waals surface area (Å²) in [5.74, 6) is -0.232. The van der Waals surface area contributed by atoms with E-state index in [4.69, 9.17) is 0 Å². The highest BCUT2D eigenvalue weighted by Crippen LogP contribution is 2.36. The number of aromatic nitrogens is 17. The minimum absolute atomic E-state index is 0.00136. The van der Waals surface area contributed by atoms with E-state index in [0.717, 1.165) is 55.7 Å². The monoisotopic (exact) mass is 1250 g/mol. The fourth-order valence-electron chi connectivity index (χ4n) is 10.0. The number of nitrogens with zero attached hydrogens (tertiary/aromatic N) is 15. The maximum atomic E-state index is 12.6. The number of pyridine rings is 3. The number of carboxylic acids is 1. The normalized spacial score (nSPS) is 11.0. The van der Waals surface area contributed by atoms with Crippen molar-refractivity contribution in [3.05, 3.63) is 161 Å². The lowest BCUT2D eigenvalue weighted by Gasteiger charge is -2.13. The van der Waals surface area contributed by atoms with E-state index in [0.29, 0.717) is 81.9 Å². The van der Waals surface area contributed by atoms with Gasteiger partial charge in [0.2, 0.25) is 17.8 Å². The summed E-state index contributed by atoms with van der Waals surface area (Å²) in [7, 11) is 9.17. The Hall–Kier alpha value is -12.8. The van der Waals surface area contributed by atoms with E-state index in [1.54, 1.807) is 68.8 Å². The Kier molecular flexibility index (Phi) is 17.6. The van der Waals surface area contributed by atoms with Crippen LogP contribution in [-0.4, -0.2) is 146 Å². The summed E-state index contributed by atoms with van der Waals surface area (Å²) in [4.78, 5) is 114. The van der Waals surface area contributed by atoms with Crippen LogP contribution in [0.2, 0.25) is 0 Å². The summed E-state index contributed by atoms with van der Waals surface area (Å²) in [5.41, 5.74) is 13.2. The fraction of sp³-hybridized carbons (Fsp3) is 0.177. The van der Waals surface area contributed by atoms with E-state index in [1.807, 2.05) is 105 Å². The molecular formula is C62H62N24O7. The van der Waals surface area contributed by atoms with Crippen molar-refractivity contribution >= 4 is 91.9 Å². The molecule has 0 atom stereocenters. The van der Waals surface area contributed by atoms with Crippen molar-refractivity contribution in [1.29, 1.82) is 0 Å². The molecule has 6 amide bonds. The first-order valence-electron chi connectivity index (χ1n) is 29.0. The molecule has 0 bridgehead atoms. The maximum absolute atomic E-state index is 12.6. The Balaban J connectivity index is 0.000000143. The van der Waals surface area contributed by atoms with Crippen LogP contribution in [0.3, 0.4) is 0 Å². The van der Waals surface area contributed by atoms with Crippen molar-refractivity contribution in [2.45, 2.75) is 20.8 Å². The third kappa shape index (κ3) is 13.3. The SMILES string of the molecule is CCNC(=O)Nc1nc2c(-c3cc(N(C)C)ccn3)cc(-c3cccnc3)cc2[nH]1.CCNC(=O)Nc1nc2c(-n3cc(C(=O)O)cn3)cc(-c3cc(=O)n(C)cn3)cc2[nH]1.CCNC(=O)Nc1nc2c(-n3cccn3)cc(-c3cc(=O)n(C)c4ncn(C)c34)cc2[nH]1. The molecule has 0 spiro atoms. The number of anilines is 4. The van der Waals surface area contributed by atoms with E-state index in [2.05, 4.69) is 98.0 Å². The van der Waals surface area contributed by atoms with Gasteiger partial charge in [-0.2, -0.15) is 10.2 Å². The molecule has 0 aliphatic heterocycles. The first kappa shape index (κ1) is 61.8. The second-order valence-corrected chi connectivity index (χ2v) is 21.1. The zero-order valence-electron chi connectivity index (χ0n) is 51.4. The van der Waals surface area contributed by atoms with Gasteiger partial charge in [0.15, 0.2) is 5.65 Å². The Morgan fingerprint density at radius 3 is 1.74 bits per heavy atom. The summed E-state index contributed by atoms with van der Waals surface area (Å²) in [6.07, 6.45) is 14.5. The molecular weight excluding hydrogens is 1190 g/mol. The van der Waals surface area contributed by atoms with Gasteiger partial charge < -0.3 is 50.0 Å². The molecule has 3 aromatic carbocycles. The van der Waals surface area contributed by atoms with Crippen LogP contribution >= 0.6 is 0 Å². The largest absolute Gasteiger partial charge is 0.478 e. The molecule has 0 aliphatic rings. The summed E-state index contributed by atoms with van der Waals surface area (Å²) in [6, 6.07) is 22.9. The van der Waals surface area contributed by atoms with Crippen LogP contribution in [0.1, 0.15) is 31.1 Å². The highest BCUT2D eigenvalue weighted by molar-refractivity contribution is 6.00. The quantitative estimate of drug-likeness (QED) is 0.0507. The molecule has 0 aliphatic carbocycles. The van der Waals surface area contributed by atoms with Crippen molar-refractivity contribution in [3.8, 4) is 56.1 Å². The molecule has 472 valence electrons. The van der Waals surface area contributed by atoms with Gasteiger partial charge in [-0.25, -0.2) is 53.5 Å². The molecule has 13 aromatic rings. The number of urea groups is 3. The number of hydrogen-bond acceptors (Lipinski definition) is 16. The third-order valence-electron chi connectivity index (χ3n) is 14.5. The van der Waals surface area contributed by atoms with Crippen LogP contribution in [0.25, 0.3) is 100 Å². The van der Waals surface area contributed by atoms with E-state index >= 15 is 0 Å². The number of imidazole rings is 4. The van der Waals surface area contributed by atoms with Crippen LogP contribution in [0.4, 0.5) is 37.9 Å². The van der Waals surface area contributed by atoms with Gasteiger partial charge in [-0.3, -0.25) is 40.1 Å². The van der Waals surface area contributed by atoms with E-state index in [9.17, 15) is 33.9 Å². The van der Waals surface area contributed by atoms with Crippen LogP contribution in [0, 0.1) is 0 Å². The number of carbonyl (C=O) groups excluding carboxylic acids is 3. The topological polar surface area (TPSA) is 386 Å². The van der Waals surface area contributed by atoms with Gasteiger partial charge in [-0.1, -0.05) is 6.07 Å². The molecule has 10 N–H and O–H groups in total. The second-order valence-electron chi connectivity index (χ2n) is 21.1. The van der Waals surface area contributed by atoms with Crippen LogP contribution in [0.15, 0.2) is 144 Å². The number of nitrogens with one attached hydrogen (secondary N) is 9. The minimum atomic E-state index is -1.12. The number of carboxylic acid groups (broad SMARTS) is 1. The average molecular weight is 1260 g/mol. The van der Waals surface area contributed by atoms with Crippen molar-refractivity contribution < 1.29 is 24.3 Å². The number of fused-ring (bicyclic) bond motifs is 4. The number of aromatic carboxylic acids is 1. The number of hydrogen-bond donors (Lipinski definition) is 10. The highest BCUT2D eigenvalue weighted by Gasteiger charge is 2.21.